The van der Waals surface area contributed by atoms with Gasteiger partial charge in [0.2, 0.25) is 0 Å². The van der Waals surface area contributed by atoms with E-state index in [1.54, 1.807) is 13.8 Å². The van der Waals surface area contributed by atoms with E-state index >= 15 is 0 Å². The quantitative estimate of drug-likeness (QED) is 0.846. The first kappa shape index (κ1) is 15.0. The Labute approximate surface area is 119 Å². The van der Waals surface area contributed by atoms with Crippen LogP contribution in [0.4, 0.5) is 18.0 Å². The lowest BCUT2D eigenvalue weighted by Gasteiger charge is -2.38. The van der Waals surface area contributed by atoms with Crippen molar-refractivity contribution in [2.75, 3.05) is 6.61 Å². The molecule has 0 saturated carbocycles. The third kappa shape index (κ3) is 2.85. The van der Waals surface area contributed by atoms with Crippen molar-refractivity contribution >= 4 is 17.7 Å². The van der Waals surface area contributed by atoms with E-state index in [-0.39, 0.29) is 11.6 Å². The Morgan fingerprint density at radius 1 is 1.40 bits per heavy atom. The lowest BCUT2D eigenvalue weighted by Crippen LogP contribution is -2.47. The van der Waals surface area contributed by atoms with Crippen LogP contribution in [0.1, 0.15) is 31.0 Å². The van der Waals surface area contributed by atoms with Gasteiger partial charge in [-0.1, -0.05) is 31.5 Å². The van der Waals surface area contributed by atoms with Crippen LogP contribution >= 0.6 is 11.6 Å². The van der Waals surface area contributed by atoms with Gasteiger partial charge in [-0.3, -0.25) is 0 Å². The normalized spacial score (nSPS) is 22.1. The number of carbonyl (C=O) groups excluding carboxylic acids is 1. The highest BCUT2D eigenvalue weighted by atomic mass is 35.5. The number of benzene rings is 1. The van der Waals surface area contributed by atoms with Crippen molar-refractivity contribution < 1.29 is 22.7 Å². The zero-order chi connectivity index (χ0) is 15.1. The summed E-state index contributed by atoms with van der Waals surface area (Å²) in [4.78, 5) is 11.3. The van der Waals surface area contributed by atoms with Crippen LogP contribution in [0.15, 0.2) is 18.2 Å². The van der Waals surface area contributed by atoms with E-state index in [2.05, 4.69) is 5.32 Å². The molecule has 0 spiro atoms. The molecule has 0 aromatic heterocycles. The monoisotopic (exact) mass is 307 g/mol. The minimum atomic E-state index is -4.54. The number of rotatable bonds is 1. The van der Waals surface area contributed by atoms with Gasteiger partial charge in [0.25, 0.3) is 0 Å². The van der Waals surface area contributed by atoms with E-state index in [0.717, 1.165) is 6.07 Å². The number of hydrogen-bond acceptors (Lipinski definition) is 2. The van der Waals surface area contributed by atoms with Crippen molar-refractivity contribution in [3.8, 4) is 0 Å². The molecule has 1 aliphatic rings. The molecule has 1 saturated heterocycles. The second-order valence-corrected chi connectivity index (χ2v) is 5.79. The van der Waals surface area contributed by atoms with Crippen LogP contribution in [-0.4, -0.2) is 12.7 Å². The lowest BCUT2D eigenvalue weighted by molar-refractivity contribution is -0.137. The number of nitrogens with one attached hydrogen (secondary N) is 1. The van der Waals surface area contributed by atoms with Crippen molar-refractivity contribution in [3.63, 3.8) is 0 Å². The van der Waals surface area contributed by atoms with Crippen molar-refractivity contribution in [1.29, 1.82) is 0 Å². The summed E-state index contributed by atoms with van der Waals surface area (Å²) >= 11 is 5.59. The Balaban J connectivity index is 2.44. The number of ether oxygens (including phenoxy) is 1. The standard InChI is InChI=1S/C13H13ClF3NO2/c1-12(2)6-20-11(19)18-10(12)7-3-4-9(14)8(5-7)13(15,16)17/h3-5,10H,6H2,1-2H3,(H,18,19)/t10-/m0/s1. The minimum absolute atomic E-state index is 0.132. The number of amides is 1. The summed E-state index contributed by atoms with van der Waals surface area (Å²) in [6.07, 6.45) is -5.18. The third-order valence-corrected chi connectivity index (χ3v) is 3.58. The van der Waals surface area contributed by atoms with Crippen LogP contribution in [-0.2, 0) is 10.9 Å². The summed E-state index contributed by atoms with van der Waals surface area (Å²) in [7, 11) is 0. The first-order valence-corrected chi connectivity index (χ1v) is 6.29. The smallest absolute Gasteiger partial charge is 0.417 e. The molecule has 0 aliphatic carbocycles. The molecule has 3 nitrogen and oxygen atoms in total. The van der Waals surface area contributed by atoms with Gasteiger partial charge in [-0.2, -0.15) is 13.2 Å². The van der Waals surface area contributed by atoms with Crippen LogP contribution in [0.3, 0.4) is 0 Å². The highest BCUT2D eigenvalue weighted by molar-refractivity contribution is 6.31. The molecule has 1 fully saturated rings. The second kappa shape index (κ2) is 4.84. The van der Waals surface area contributed by atoms with E-state index in [1.165, 1.54) is 12.1 Å². The Bertz CT molecular complexity index is 543. The molecule has 110 valence electrons. The summed E-state index contributed by atoms with van der Waals surface area (Å²) in [5, 5.41) is 2.19. The highest BCUT2D eigenvalue weighted by Gasteiger charge is 2.40. The predicted molar refractivity (Wildman–Crippen MR) is 67.5 cm³/mol. The van der Waals surface area contributed by atoms with Crippen molar-refractivity contribution in [1.82, 2.24) is 5.32 Å². The zero-order valence-electron chi connectivity index (χ0n) is 10.8. The minimum Gasteiger partial charge on any atom is -0.449 e. The van der Waals surface area contributed by atoms with Crippen LogP contribution in [0.5, 0.6) is 0 Å². The SMILES string of the molecule is CC1(C)COC(=O)N[C@H]1c1ccc(Cl)c(C(F)(F)F)c1. The third-order valence-electron chi connectivity index (χ3n) is 3.25. The molecule has 0 radical (unpaired) electrons. The molecule has 1 amide bonds. The zero-order valence-corrected chi connectivity index (χ0v) is 11.6. The number of carbonyl (C=O) groups is 1. The van der Waals surface area contributed by atoms with E-state index in [9.17, 15) is 18.0 Å². The Morgan fingerprint density at radius 3 is 2.65 bits per heavy atom. The fraction of sp³-hybridized carbons (Fsp3) is 0.462. The van der Waals surface area contributed by atoms with Crippen molar-refractivity contribution in [2.24, 2.45) is 5.41 Å². The molecule has 1 aliphatic heterocycles. The maximum atomic E-state index is 12.9. The molecule has 7 heteroatoms. The van der Waals surface area contributed by atoms with Crippen molar-refractivity contribution in [3.05, 3.63) is 34.3 Å². The molecule has 0 unspecified atom stereocenters. The number of halogens is 4. The lowest BCUT2D eigenvalue weighted by atomic mass is 9.80. The first-order chi connectivity index (χ1) is 9.11. The average Bonchev–Trinajstić information content (AvgIpc) is 2.32. The van der Waals surface area contributed by atoms with Crippen LogP contribution in [0, 0.1) is 5.41 Å². The topological polar surface area (TPSA) is 38.3 Å². The summed E-state index contributed by atoms with van der Waals surface area (Å²) < 4.78 is 43.5. The summed E-state index contributed by atoms with van der Waals surface area (Å²) in [6.45, 7) is 3.74. The number of hydrogen-bond donors (Lipinski definition) is 1. The average molecular weight is 308 g/mol. The van der Waals surface area contributed by atoms with Gasteiger partial charge < -0.3 is 10.1 Å². The summed E-state index contributed by atoms with van der Waals surface area (Å²) in [6, 6.07) is 3.08. The fourth-order valence-electron chi connectivity index (χ4n) is 2.16. The maximum Gasteiger partial charge on any atom is 0.417 e. The van der Waals surface area contributed by atoms with Crippen LogP contribution in [0.25, 0.3) is 0 Å². The van der Waals surface area contributed by atoms with Gasteiger partial charge >= 0.3 is 12.3 Å². The molecule has 1 N–H and O–H groups in total. The number of cyclic esters (lactones) is 1. The molecule has 20 heavy (non-hydrogen) atoms. The molecule has 1 aromatic carbocycles. The molecule has 1 heterocycles. The summed E-state index contributed by atoms with van der Waals surface area (Å²) in [5.41, 5.74) is -1.08. The maximum absolute atomic E-state index is 12.9. The number of alkyl halides is 3. The Hall–Kier alpha value is -1.43. The highest BCUT2D eigenvalue weighted by Crippen LogP contribution is 2.40. The van der Waals surface area contributed by atoms with Gasteiger partial charge in [-0.25, -0.2) is 4.79 Å². The Morgan fingerprint density at radius 2 is 2.05 bits per heavy atom. The van der Waals surface area contributed by atoms with Crippen molar-refractivity contribution in [2.45, 2.75) is 26.1 Å². The van der Waals surface area contributed by atoms with E-state index in [1.807, 2.05) is 0 Å². The molecule has 0 bridgehead atoms. The molecule has 2 rings (SSSR count). The van der Waals surface area contributed by atoms with E-state index in [4.69, 9.17) is 16.3 Å². The fourth-order valence-corrected chi connectivity index (χ4v) is 2.39. The van der Waals surface area contributed by atoms with Crippen LogP contribution < -0.4 is 5.32 Å². The number of alkyl carbamates (subject to hydrolysis) is 1. The molecule has 1 aromatic rings. The first-order valence-electron chi connectivity index (χ1n) is 5.91. The summed E-state index contributed by atoms with van der Waals surface area (Å²) in [5.74, 6) is 0. The second-order valence-electron chi connectivity index (χ2n) is 5.38. The van der Waals surface area contributed by atoms with Gasteiger partial charge in [0.15, 0.2) is 0 Å². The van der Waals surface area contributed by atoms with E-state index in [0.29, 0.717) is 5.56 Å². The van der Waals surface area contributed by atoms with Gasteiger partial charge in [-0.05, 0) is 17.7 Å². The van der Waals surface area contributed by atoms with E-state index < -0.39 is 29.3 Å². The Kier molecular flexibility index (Phi) is 3.62. The molecule has 1 atom stereocenters. The van der Waals surface area contributed by atoms with Gasteiger partial charge in [0.05, 0.1) is 16.6 Å². The molecular weight excluding hydrogens is 295 g/mol. The van der Waals surface area contributed by atoms with Gasteiger partial charge in [0.1, 0.15) is 6.61 Å². The molecular formula is C13H13ClF3NO2. The predicted octanol–water partition coefficient (Wildman–Crippen LogP) is 4.17. The van der Waals surface area contributed by atoms with Gasteiger partial charge in [-0.15, -0.1) is 0 Å². The van der Waals surface area contributed by atoms with Gasteiger partial charge in [0, 0.05) is 5.41 Å². The largest absolute Gasteiger partial charge is 0.449 e. The van der Waals surface area contributed by atoms with Crippen LogP contribution in [0.2, 0.25) is 5.02 Å².